The van der Waals surface area contributed by atoms with E-state index in [0.717, 1.165) is 0 Å². The molecule has 0 rings (SSSR count). The molecule has 3 atom stereocenters. The number of rotatable bonds is 3. The normalized spacial score (nSPS) is 20.7. The first-order valence-electron chi connectivity index (χ1n) is 3.03. The first-order chi connectivity index (χ1) is 4.46. The van der Waals surface area contributed by atoms with E-state index in [0.29, 0.717) is 0 Å². The van der Waals surface area contributed by atoms with Gasteiger partial charge in [0.25, 0.3) is 0 Å². The van der Waals surface area contributed by atoms with E-state index in [1.807, 2.05) is 13.8 Å². The summed E-state index contributed by atoms with van der Waals surface area (Å²) in [7, 11) is 0. The summed E-state index contributed by atoms with van der Waals surface area (Å²) in [6.45, 7) is 3.70. The lowest BCUT2D eigenvalue weighted by Gasteiger charge is -2.20. The highest BCUT2D eigenvalue weighted by Gasteiger charge is 2.24. The molecule has 0 fully saturated rings. The summed E-state index contributed by atoms with van der Waals surface area (Å²) in [6, 6.07) is 0. The summed E-state index contributed by atoms with van der Waals surface area (Å²) in [5.41, 5.74) is 0. The molecule has 0 aromatic carbocycles. The Morgan fingerprint density at radius 3 is 1.40 bits per heavy atom. The molecule has 0 aromatic heterocycles. The van der Waals surface area contributed by atoms with E-state index >= 15 is 0 Å². The van der Waals surface area contributed by atoms with Gasteiger partial charge in [-0.2, -0.15) is 0 Å². The maximum atomic E-state index is 5.86. The molecule has 0 heterocycles. The van der Waals surface area contributed by atoms with Crippen LogP contribution in [0.25, 0.3) is 0 Å². The van der Waals surface area contributed by atoms with Crippen molar-refractivity contribution >= 4 is 46.4 Å². The lowest BCUT2D eigenvalue weighted by atomic mass is 10.1. The number of halogens is 4. The summed E-state index contributed by atoms with van der Waals surface area (Å²) in [4.78, 5) is -0.441. The van der Waals surface area contributed by atoms with Gasteiger partial charge in [-0.15, -0.1) is 46.4 Å². The SMILES string of the molecule is CC(Cl)C(Cl)C(C)C(Cl)Cl. The van der Waals surface area contributed by atoms with Gasteiger partial charge < -0.3 is 0 Å². The molecule has 62 valence electrons. The van der Waals surface area contributed by atoms with Crippen LogP contribution in [0.4, 0.5) is 0 Å². The first kappa shape index (κ1) is 11.2. The van der Waals surface area contributed by atoms with Crippen LogP contribution in [0.2, 0.25) is 0 Å². The predicted octanol–water partition coefficient (Wildman–Crippen LogP) is 3.66. The van der Waals surface area contributed by atoms with Crippen molar-refractivity contribution in [1.82, 2.24) is 0 Å². The third-order valence-corrected chi connectivity index (χ3v) is 3.31. The quantitative estimate of drug-likeness (QED) is 0.641. The van der Waals surface area contributed by atoms with E-state index in [1.165, 1.54) is 0 Å². The van der Waals surface area contributed by atoms with Crippen LogP contribution in [0.15, 0.2) is 0 Å². The largest absolute Gasteiger partial charge is 0.122 e. The molecule has 4 heteroatoms. The molecule has 0 amide bonds. The fourth-order valence-electron chi connectivity index (χ4n) is 0.557. The second kappa shape index (κ2) is 4.92. The fourth-order valence-corrected chi connectivity index (χ4v) is 1.39. The number of hydrogen-bond acceptors (Lipinski definition) is 0. The maximum absolute atomic E-state index is 5.86. The van der Waals surface area contributed by atoms with Gasteiger partial charge in [0, 0.05) is 11.3 Å². The van der Waals surface area contributed by atoms with Crippen LogP contribution >= 0.6 is 46.4 Å². The molecular formula is C6H10Cl4. The van der Waals surface area contributed by atoms with Gasteiger partial charge in [0.2, 0.25) is 0 Å². The Balaban J connectivity index is 3.81. The molecular weight excluding hydrogens is 214 g/mol. The Hall–Kier alpha value is 1.16. The van der Waals surface area contributed by atoms with Crippen molar-refractivity contribution in [3.63, 3.8) is 0 Å². The predicted molar refractivity (Wildman–Crippen MR) is 49.6 cm³/mol. The van der Waals surface area contributed by atoms with Gasteiger partial charge in [0.15, 0.2) is 0 Å². The summed E-state index contributed by atoms with van der Waals surface area (Å²) >= 11 is 22.8. The summed E-state index contributed by atoms with van der Waals surface area (Å²) in [5.74, 6) is 0.0255. The van der Waals surface area contributed by atoms with Gasteiger partial charge in [-0.25, -0.2) is 0 Å². The van der Waals surface area contributed by atoms with Crippen LogP contribution in [0.3, 0.4) is 0 Å². The number of hydrogen-bond donors (Lipinski definition) is 0. The van der Waals surface area contributed by atoms with Crippen LogP contribution in [-0.4, -0.2) is 15.6 Å². The van der Waals surface area contributed by atoms with Gasteiger partial charge in [0.05, 0.1) is 5.38 Å². The van der Waals surface area contributed by atoms with Gasteiger partial charge in [-0.05, 0) is 6.92 Å². The molecule has 0 spiro atoms. The first-order valence-corrected chi connectivity index (χ1v) is 4.77. The Morgan fingerprint density at radius 2 is 1.30 bits per heavy atom. The van der Waals surface area contributed by atoms with Crippen molar-refractivity contribution in [1.29, 1.82) is 0 Å². The van der Waals surface area contributed by atoms with Crippen LogP contribution in [-0.2, 0) is 0 Å². The molecule has 0 saturated heterocycles. The molecule has 0 aliphatic rings. The molecule has 0 nitrogen and oxygen atoms in total. The van der Waals surface area contributed by atoms with E-state index in [4.69, 9.17) is 46.4 Å². The van der Waals surface area contributed by atoms with Crippen molar-refractivity contribution in [2.24, 2.45) is 5.92 Å². The van der Waals surface area contributed by atoms with Crippen LogP contribution in [0.1, 0.15) is 13.8 Å². The van der Waals surface area contributed by atoms with Gasteiger partial charge in [-0.1, -0.05) is 6.92 Å². The monoisotopic (exact) mass is 222 g/mol. The molecule has 0 aliphatic carbocycles. The molecule has 0 N–H and O–H groups in total. The van der Waals surface area contributed by atoms with Crippen molar-refractivity contribution in [2.75, 3.05) is 0 Å². The minimum absolute atomic E-state index is 0.0255. The second-order valence-corrected chi connectivity index (χ2v) is 4.67. The van der Waals surface area contributed by atoms with Crippen molar-refractivity contribution in [3.05, 3.63) is 0 Å². The average molecular weight is 224 g/mol. The van der Waals surface area contributed by atoms with Crippen LogP contribution in [0, 0.1) is 5.92 Å². The summed E-state index contributed by atoms with van der Waals surface area (Å²) < 4.78 is 0. The topological polar surface area (TPSA) is 0 Å². The van der Waals surface area contributed by atoms with E-state index < -0.39 is 4.84 Å². The minimum Gasteiger partial charge on any atom is -0.122 e. The lowest BCUT2D eigenvalue weighted by Crippen LogP contribution is -2.24. The Labute approximate surface area is 81.8 Å². The lowest BCUT2D eigenvalue weighted by molar-refractivity contribution is 0.573. The van der Waals surface area contributed by atoms with E-state index in [-0.39, 0.29) is 16.7 Å². The minimum atomic E-state index is -0.441. The third-order valence-electron chi connectivity index (χ3n) is 1.34. The van der Waals surface area contributed by atoms with Crippen molar-refractivity contribution in [2.45, 2.75) is 29.4 Å². The molecule has 0 bridgehead atoms. The fraction of sp³-hybridized carbons (Fsp3) is 1.00. The Morgan fingerprint density at radius 1 is 0.900 bits per heavy atom. The van der Waals surface area contributed by atoms with E-state index in [1.54, 1.807) is 0 Å². The van der Waals surface area contributed by atoms with E-state index in [2.05, 4.69) is 0 Å². The van der Waals surface area contributed by atoms with Gasteiger partial charge >= 0.3 is 0 Å². The smallest absolute Gasteiger partial charge is 0.111 e. The van der Waals surface area contributed by atoms with Crippen LogP contribution < -0.4 is 0 Å². The zero-order valence-corrected chi connectivity index (χ0v) is 8.84. The van der Waals surface area contributed by atoms with Crippen LogP contribution in [0.5, 0.6) is 0 Å². The molecule has 0 aromatic rings. The highest BCUT2D eigenvalue weighted by atomic mass is 35.5. The molecule has 0 aliphatic heterocycles. The van der Waals surface area contributed by atoms with Crippen molar-refractivity contribution in [3.8, 4) is 0 Å². The molecule has 0 saturated carbocycles. The second-order valence-electron chi connectivity index (χ2n) is 2.32. The summed E-state index contributed by atoms with van der Waals surface area (Å²) in [6.07, 6.45) is 0. The van der Waals surface area contributed by atoms with Gasteiger partial charge in [0.1, 0.15) is 4.84 Å². The zero-order valence-electron chi connectivity index (χ0n) is 5.82. The molecule has 0 radical (unpaired) electrons. The maximum Gasteiger partial charge on any atom is 0.111 e. The summed E-state index contributed by atoms with van der Waals surface area (Å²) in [5, 5.41) is -0.265. The standard InChI is InChI=1S/C6H10Cl4/c1-3(6(9)10)5(8)4(2)7/h3-6H,1-2H3. The zero-order chi connectivity index (χ0) is 8.31. The number of alkyl halides is 4. The highest BCUT2D eigenvalue weighted by Crippen LogP contribution is 2.26. The van der Waals surface area contributed by atoms with Crippen molar-refractivity contribution < 1.29 is 0 Å². The highest BCUT2D eigenvalue weighted by molar-refractivity contribution is 6.45. The Kier molecular flexibility index (Phi) is 5.49. The Bertz CT molecular complexity index is 79.7. The molecule has 10 heavy (non-hydrogen) atoms. The third kappa shape index (κ3) is 3.52. The average Bonchev–Trinajstić information content (AvgIpc) is 1.84. The van der Waals surface area contributed by atoms with Gasteiger partial charge in [-0.3, -0.25) is 0 Å². The molecule has 3 unspecified atom stereocenters. The van der Waals surface area contributed by atoms with E-state index in [9.17, 15) is 0 Å².